The van der Waals surface area contributed by atoms with Gasteiger partial charge < -0.3 is 10.6 Å². The van der Waals surface area contributed by atoms with Crippen LogP contribution in [0.1, 0.15) is 26.4 Å². The molecule has 8 heteroatoms. The van der Waals surface area contributed by atoms with Gasteiger partial charge in [-0.3, -0.25) is 14.7 Å². The van der Waals surface area contributed by atoms with Crippen molar-refractivity contribution >= 4 is 39.2 Å². The maximum atomic E-state index is 13.3. The Bertz CT molecular complexity index is 1230. The fourth-order valence-electron chi connectivity index (χ4n) is 3.10. The summed E-state index contributed by atoms with van der Waals surface area (Å²) in [7, 11) is 0. The predicted octanol–water partition coefficient (Wildman–Crippen LogP) is 4.18. The standard InChI is InChI=1S/C22H19FN4O2S/c1-13-5-2-3-7-15(13)12-24-21(29)18-11-17-20(26-27-22(17)30-18)25-19(28)10-14-6-4-8-16(23)9-14/h2-9,11H,10,12H2,1H3,(H,24,29)(H2,25,26,27,28). The van der Waals surface area contributed by atoms with E-state index >= 15 is 0 Å². The highest BCUT2D eigenvalue weighted by atomic mass is 32.1. The Morgan fingerprint density at radius 2 is 1.97 bits per heavy atom. The van der Waals surface area contributed by atoms with Gasteiger partial charge >= 0.3 is 0 Å². The zero-order valence-corrected chi connectivity index (χ0v) is 17.0. The minimum Gasteiger partial charge on any atom is -0.347 e. The van der Waals surface area contributed by atoms with Crippen LogP contribution in [0.2, 0.25) is 0 Å². The van der Waals surface area contributed by atoms with Gasteiger partial charge in [-0.15, -0.1) is 11.3 Å². The molecule has 2 amide bonds. The lowest BCUT2D eigenvalue weighted by molar-refractivity contribution is -0.115. The number of aromatic nitrogens is 2. The molecule has 0 atom stereocenters. The first kappa shape index (κ1) is 19.8. The Hall–Kier alpha value is -3.52. The van der Waals surface area contributed by atoms with E-state index in [1.54, 1.807) is 18.2 Å². The number of H-pyrrole nitrogens is 1. The van der Waals surface area contributed by atoms with Crippen LogP contribution >= 0.6 is 11.3 Å². The van der Waals surface area contributed by atoms with Crippen molar-refractivity contribution in [1.82, 2.24) is 15.5 Å². The van der Waals surface area contributed by atoms with Gasteiger partial charge in [0, 0.05) is 6.54 Å². The number of aryl methyl sites for hydroxylation is 1. The Kier molecular flexibility index (Phi) is 5.58. The molecule has 0 spiro atoms. The molecular weight excluding hydrogens is 403 g/mol. The highest BCUT2D eigenvalue weighted by Gasteiger charge is 2.17. The van der Waals surface area contributed by atoms with Gasteiger partial charge in [0.25, 0.3) is 5.91 Å². The van der Waals surface area contributed by atoms with Gasteiger partial charge in [-0.05, 0) is 41.8 Å². The van der Waals surface area contributed by atoms with Gasteiger partial charge in [0.15, 0.2) is 5.82 Å². The van der Waals surface area contributed by atoms with E-state index in [0.717, 1.165) is 11.1 Å². The summed E-state index contributed by atoms with van der Waals surface area (Å²) in [5.41, 5.74) is 2.74. The zero-order chi connectivity index (χ0) is 21.1. The molecule has 30 heavy (non-hydrogen) atoms. The fraction of sp³-hybridized carbons (Fsp3) is 0.136. The number of rotatable bonds is 6. The van der Waals surface area contributed by atoms with Crippen LogP contribution in [-0.4, -0.2) is 22.0 Å². The normalized spacial score (nSPS) is 10.9. The predicted molar refractivity (Wildman–Crippen MR) is 115 cm³/mol. The summed E-state index contributed by atoms with van der Waals surface area (Å²) in [5, 5.41) is 13.2. The van der Waals surface area contributed by atoms with E-state index in [4.69, 9.17) is 0 Å². The second kappa shape index (κ2) is 8.46. The number of carbonyl (C=O) groups excluding carboxylic acids is 2. The van der Waals surface area contributed by atoms with Crippen LogP contribution in [-0.2, 0) is 17.8 Å². The molecule has 4 aromatic rings. The van der Waals surface area contributed by atoms with Crippen LogP contribution in [0.4, 0.5) is 10.2 Å². The summed E-state index contributed by atoms with van der Waals surface area (Å²) in [5.74, 6) is -0.544. The average Bonchev–Trinajstić information content (AvgIpc) is 3.29. The van der Waals surface area contributed by atoms with Gasteiger partial charge in [-0.2, -0.15) is 5.10 Å². The first-order chi connectivity index (χ1) is 14.5. The van der Waals surface area contributed by atoms with Crippen LogP contribution in [0.5, 0.6) is 0 Å². The van der Waals surface area contributed by atoms with Crippen molar-refractivity contribution in [1.29, 1.82) is 0 Å². The second-order valence-electron chi connectivity index (χ2n) is 6.89. The number of fused-ring (bicyclic) bond motifs is 1. The molecule has 0 aliphatic rings. The van der Waals surface area contributed by atoms with Crippen LogP contribution in [0, 0.1) is 12.7 Å². The second-order valence-corrected chi connectivity index (χ2v) is 7.94. The topological polar surface area (TPSA) is 86.9 Å². The number of anilines is 1. The molecule has 0 aliphatic heterocycles. The van der Waals surface area contributed by atoms with E-state index in [1.807, 2.05) is 31.2 Å². The van der Waals surface area contributed by atoms with Crippen molar-refractivity contribution in [3.63, 3.8) is 0 Å². The third-order valence-electron chi connectivity index (χ3n) is 4.69. The van der Waals surface area contributed by atoms with Crippen molar-refractivity contribution in [3.8, 4) is 0 Å². The largest absolute Gasteiger partial charge is 0.347 e. The summed E-state index contributed by atoms with van der Waals surface area (Å²) >= 11 is 1.27. The average molecular weight is 422 g/mol. The summed E-state index contributed by atoms with van der Waals surface area (Å²) in [6.45, 7) is 2.44. The van der Waals surface area contributed by atoms with E-state index < -0.39 is 0 Å². The molecule has 3 N–H and O–H groups in total. The lowest BCUT2D eigenvalue weighted by Crippen LogP contribution is -2.22. The van der Waals surface area contributed by atoms with E-state index in [-0.39, 0.29) is 24.1 Å². The van der Waals surface area contributed by atoms with Gasteiger partial charge in [-0.1, -0.05) is 36.4 Å². The number of nitrogens with one attached hydrogen (secondary N) is 3. The number of carbonyl (C=O) groups is 2. The molecule has 6 nitrogen and oxygen atoms in total. The SMILES string of the molecule is Cc1ccccc1CNC(=O)c1cc2c(NC(=O)Cc3cccc(F)c3)n[nH]c2s1. The molecule has 2 aromatic heterocycles. The third-order valence-corrected chi connectivity index (χ3v) is 5.73. The Labute approximate surface area is 176 Å². The molecule has 2 aromatic carbocycles. The van der Waals surface area contributed by atoms with Crippen molar-refractivity contribution < 1.29 is 14.0 Å². The summed E-state index contributed by atoms with van der Waals surface area (Å²) in [6.07, 6.45) is 0.0278. The van der Waals surface area contributed by atoms with Crippen LogP contribution in [0.3, 0.4) is 0 Å². The van der Waals surface area contributed by atoms with E-state index in [0.29, 0.717) is 33.0 Å². The Morgan fingerprint density at radius 1 is 1.13 bits per heavy atom. The van der Waals surface area contributed by atoms with E-state index in [2.05, 4.69) is 20.8 Å². The number of thiophene rings is 1. The summed E-state index contributed by atoms with van der Waals surface area (Å²) in [6, 6.07) is 15.5. The first-order valence-electron chi connectivity index (χ1n) is 9.34. The van der Waals surface area contributed by atoms with Crippen molar-refractivity contribution in [3.05, 3.63) is 82.0 Å². The fourth-order valence-corrected chi connectivity index (χ4v) is 4.02. The molecule has 2 heterocycles. The van der Waals surface area contributed by atoms with Crippen molar-refractivity contribution in [2.45, 2.75) is 19.9 Å². The first-order valence-corrected chi connectivity index (χ1v) is 10.2. The van der Waals surface area contributed by atoms with Crippen molar-refractivity contribution in [2.24, 2.45) is 0 Å². The Morgan fingerprint density at radius 3 is 2.77 bits per heavy atom. The molecule has 0 bridgehead atoms. The molecule has 0 saturated heterocycles. The highest BCUT2D eigenvalue weighted by molar-refractivity contribution is 7.20. The molecule has 0 radical (unpaired) electrons. The molecule has 0 unspecified atom stereocenters. The number of nitrogens with zero attached hydrogens (tertiary/aromatic N) is 1. The molecule has 152 valence electrons. The summed E-state index contributed by atoms with van der Waals surface area (Å²) < 4.78 is 13.3. The third kappa shape index (κ3) is 4.38. The van der Waals surface area contributed by atoms with Gasteiger partial charge in [0.05, 0.1) is 16.7 Å². The minimum absolute atomic E-state index is 0.0278. The number of hydrogen-bond acceptors (Lipinski definition) is 4. The molecule has 0 aliphatic carbocycles. The lowest BCUT2D eigenvalue weighted by Gasteiger charge is -2.06. The molecule has 0 saturated carbocycles. The number of halogens is 1. The number of aromatic amines is 1. The van der Waals surface area contributed by atoms with E-state index in [1.165, 1.54) is 23.5 Å². The van der Waals surface area contributed by atoms with Crippen molar-refractivity contribution in [2.75, 3.05) is 5.32 Å². The van der Waals surface area contributed by atoms with Crippen LogP contribution in [0.15, 0.2) is 54.6 Å². The number of amides is 2. The van der Waals surface area contributed by atoms with Crippen LogP contribution in [0.25, 0.3) is 10.2 Å². The number of benzene rings is 2. The maximum absolute atomic E-state index is 13.3. The van der Waals surface area contributed by atoms with Gasteiger partial charge in [-0.25, -0.2) is 4.39 Å². The maximum Gasteiger partial charge on any atom is 0.261 e. The summed E-state index contributed by atoms with van der Waals surface area (Å²) in [4.78, 5) is 26.1. The van der Waals surface area contributed by atoms with Gasteiger partial charge in [0.2, 0.25) is 5.91 Å². The van der Waals surface area contributed by atoms with Crippen LogP contribution < -0.4 is 10.6 Å². The van der Waals surface area contributed by atoms with E-state index in [9.17, 15) is 14.0 Å². The smallest absolute Gasteiger partial charge is 0.261 e. The minimum atomic E-state index is -0.387. The number of hydrogen-bond donors (Lipinski definition) is 3. The monoisotopic (exact) mass is 422 g/mol. The Balaban J connectivity index is 1.43. The van der Waals surface area contributed by atoms with Gasteiger partial charge in [0.1, 0.15) is 10.6 Å². The molecule has 0 fully saturated rings. The molecule has 4 rings (SSSR count). The quantitative estimate of drug-likeness (QED) is 0.436. The molecular formula is C22H19FN4O2S. The zero-order valence-electron chi connectivity index (χ0n) is 16.2. The highest BCUT2D eigenvalue weighted by Crippen LogP contribution is 2.29. The lowest BCUT2D eigenvalue weighted by atomic mass is 10.1.